The molecule has 0 saturated heterocycles. The molecule has 1 aromatic rings. The smallest absolute Gasteiger partial charge is 0.253 e. The van der Waals surface area contributed by atoms with E-state index in [0.717, 1.165) is 6.42 Å². The maximum absolute atomic E-state index is 11.6. The molecule has 3 N–H and O–H groups in total. The molecule has 15 heavy (non-hydrogen) atoms. The van der Waals surface area contributed by atoms with E-state index >= 15 is 0 Å². The summed E-state index contributed by atoms with van der Waals surface area (Å²) >= 11 is 0. The highest BCUT2D eigenvalue weighted by Gasteiger charge is 2.08. The predicted molar refractivity (Wildman–Crippen MR) is 59.0 cm³/mol. The Morgan fingerprint density at radius 3 is 2.87 bits per heavy atom. The van der Waals surface area contributed by atoms with E-state index in [9.17, 15) is 4.79 Å². The van der Waals surface area contributed by atoms with Crippen molar-refractivity contribution in [2.75, 3.05) is 12.0 Å². The number of hydrogen-bond donors (Lipinski definition) is 3. The third-order valence-corrected chi connectivity index (χ3v) is 1.93. The van der Waals surface area contributed by atoms with Crippen LogP contribution in [0.4, 0.5) is 5.69 Å². The number of amides is 1. The van der Waals surface area contributed by atoms with Crippen LogP contribution < -0.4 is 10.8 Å². The number of anilines is 1. The van der Waals surface area contributed by atoms with Crippen molar-refractivity contribution in [3.63, 3.8) is 0 Å². The molecule has 0 heterocycles. The third kappa shape index (κ3) is 3.11. The molecule has 1 rings (SSSR count). The molecule has 0 aliphatic carbocycles. The Morgan fingerprint density at radius 1 is 1.47 bits per heavy atom. The van der Waals surface area contributed by atoms with Crippen molar-refractivity contribution in [1.82, 2.24) is 5.32 Å². The Balaban J connectivity index is 2.68. The van der Waals surface area contributed by atoms with E-state index < -0.39 is 0 Å². The lowest BCUT2D eigenvalue weighted by atomic mass is 10.1. The van der Waals surface area contributed by atoms with Crippen molar-refractivity contribution >= 4 is 11.6 Å². The molecule has 80 valence electrons. The van der Waals surface area contributed by atoms with Crippen molar-refractivity contribution < 1.29 is 10.0 Å². The Kier molecular flexibility index (Phi) is 4.37. The largest absolute Gasteiger partial charge is 0.352 e. The molecule has 0 radical (unpaired) electrons. The predicted octanol–water partition coefficient (Wildman–Crippen LogP) is 1.79. The fraction of sp³-hybridized carbons (Fsp3) is 0.182. The van der Waals surface area contributed by atoms with Crippen LogP contribution in [0.2, 0.25) is 0 Å². The minimum Gasteiger partial charge on any atom is -0.352 e. The number of carbonyl (C=O) groups excluding carboxylic acids is 1. The summed E-state index contributed by atoms with van der Waals surface area (Å²) in [6.45, 7) is 4.10. The maximum atomic E-state index is 11.6. The van der Waals surface area contributed by atoms with Gasteiger partial charge >= 0.3 is 0 Å². The summed E-state index contributed by atoms with van der Waals surface area (Å²) in [7, 11) is 0. The molecule has 0 fully saturated rings. The summed E-state index contributed by atoms with van der Waals surface area (Å²) in [6, 6.07) is 6.74. The van der Waals surface area contributed by atoms with Crippen LogP contribution >= 0.6 is 0 Å². The number of para-hydroxylation sites is 1. The minimum absolute atomic E-state index is 0.214. The van der Waals surface area contributed by atoms with Gasteiger partial charge in [-0.15, -0.1) is 6.58 Å². The molecule has 0 unspecified atom stereocenters. The average molecular weight is 206 g/mol. The van der Waals surface area contributed by atoms with Gasteiger partial charge in [0, 0.05) is 6.54 Å². The van der Waals surface area contributed by atoms with Crippen molar-refractivity contribution in [3.05, 3.63) is 42.5 Å². The molecule has 1 aromatic carbocycles. The first-order valence-corrected chi connectivity index (χ1v) is 4.68. The van der Waals surface area contributed by atoms with Crippen LogP contribution in [0.25, 0.3) is 0 Å². The van der Waals surface area contributed by atoms with E-state index in [1.165, 1.54) is 0 Å². The van der Waals surface area contributed by atoms with Gasteiger partial charge in [0.25, 0.3) is 5.91 Å². The molecule has 0 aliphatic heterocycles. The van der Waals surface area contributed by atoms with Crippen molar-refractivity contribution in [2.45, 2.75) is 6.42 Å². The summed E-state index contributed by atoms with van der Waals surface area (Å²) in [6.07, 6.45) is 2.46. The second kappa shape index (κ2) is 5.82. The zero-order chi connectivity index (χ0) is 11.1. The SMILES string of the molecule is C=CCCNC(=O)c1ccccc1NO. The zero-order valence-electron chi connectivity index (χ0n) is 8.36. The van der Waals surface area contributed by atoms with Crippen LogP contribution in [0, 0.1) is 0 Å². The molecule has 1 amide bonds. The first-order chi connectivity index (χ1) is 7.29. The summed E-state index contributed by atoms with van der Waals surface area (Å²) in [4.78, 5) is 11.6. The molecule has 0 spiro atoms. The highest BCUT2D eigenvalue weighted by Crippen LogP contribution is 2.13. The first kappa shape index (κ1) is 11.3. The summed E-state index contributed by atoms with van der Waals surface area (Å²) in [5, 5.41) is 11.5. The van der Waals surface area contributed by atoms with Crippen LogP contribution in [-0.2, 0) is 0 Å². The molecule has 0 aromatic heterocycles. The topological polar surface area (TPSA) is 61.4 Å². The van der Waals surface area contributed by atoms with Crippen LogP contribution in [0.5, 0.6) is 0 Å². The monoisotopic (exact) mass is 206 g/mol. The third-order valence-electron chi connectivity index (χ3n) is 1.93. The van der Waals surface area contributed by atoms with E-state index in [2.05, 4.69) is 11.9 Å². The maximum Gasteiger partial charge on any atom is 0.253 e. The van der Waals surface area contributed by atoms with Gasteiger partial charge in [0.05, 0.1) is 11.3 Å². The Labute approximate surface area is 88.6 Å². The molecule has 0 aliphatic rings. The van der Waals surface area contributed by atoms with Crippen molar-refractivity contribution in [1.29, 1.82) is 0 Å². The van der Waals surface area contributed by atoms with Gasteiger partial charge in [0.15, 0.2) is 0 Å². The number of carbonyl (C=O) groups is 1. The fourth-order valence-electron chi connectivity index (χ4n) is 1.16. The fourth-order valence-corrected chi connectivity index (χ4v) is 1.16. The standard InChI is InChI=1S/C11H14N2O2/c1-2-3-8-12-11(14)9-6-4-5-7-10(9)13-15/h2,4-7,13,15H,1,3,8H2,(H,12,14). The molecule has 4 heteroatoms. The summed E-state index contributed by atoms with van der Waals surface area (Å²) < 4.78 is 0. The molecule has 4 nitrogen and oxygen atoms in total. The van der Waals surface area contributed by atoms with Gasteiger partial charge in [-0.3, -0.25) is 15.5 Å². The molecule has 0 atom stereocenters. The van der Waals surface area contributed by atoms with E-state index in [1.54, 1.807) is 30.3 Å². The van der Waals surface area contributed by atoms with Crippen LogP contribution in [0.3, 0.4) is 0 Å². The first-order valence-electron chi connectivity index (χ1n) is 4.68. The van der Waals surface area contributed by atoms with E-state index in [0.29, 0.717) is 17.8 Å². The minimum atomic E-state index is -0.214. The lowest BCUT2D eigenvalue weighted by Gasteiger charge is -2.07. The molecular weight excluding hydrogens is 192 g/mol. The zero-order valence-corrected chi connectivity index (χ0v) is 8.36. The molecule has 0 saturated carbocycles. The normalized spacial score (nSPS) is 9.40. The second-order valence-corrected chi connectivity index (χ2v) is 2.99. The van der Waals surface area contributed by atoms with Crippen molar-refractivity contribution in [3.8, 4) is 0 Å². The number of benzene rings is 1. The van der Waals surface area contributed by atoms with Gasteiger partial charge in [-0.2, -0.15) is 0 Å². The van der Waals surface area contributed by atoms with E-state index in [1.807, 2.05) is 5.48 Å². The molecule has 0 bridgehead atoms. The van der Waals surface area contributed by atoms with Gasteiger partial charge in [-0.05, 0) is 18.6 Å². The Morgan fingerprint density at radius 2 is 2.20 bits per heavy atom. The highest BCUT2D eigenvalue weighted by molar-refractivity contribution is 5.99. The number of hydrogen-bond acceptors (Lipinski definition) is 3. The van der Waals surface area contributed by atoms with Gasteiger partial charge < -0.3 is 5.32 Å². The van der Waals surface area contributed by atoms with Gasteiger partial charge in [-0.1, -0.05) is 18.2 Å². The van der Waals surface area contributed by atoms with Crippen LogP contribution in [-0.4, -0.2) is 17.7 Å². The lowest BCUT2D eigenvalue weighted by Crippen LogP contribution is -2.24. The second-order valence-electron chi connectivity index (χ2n) is 2.99. The van der Waals surface area contributed by atoms with Crippen molar-refractivity contribution in [2.24, 2.45) is 0 Å². The van der Waals surface area contributed by atoms with E-state index in [-0.39, 0.29) is 5.91 Å². The van der Waals surface area contributed by atoms with Crippen LogP contribution in [0.1, 0.15) is 16.8 Å². The molecular formula is C11H14N2O2. The summed E-state index contributed by atoms with van der Waals surface area (Å²) in [5.74, 6) is -0.214. The van der Waals surface area contributed by atoms with Gasteiger partial charge in [-0.25, -0.2) is 0 Å². The Hall–Kier alpha value is -1.81. The van der Waals surface area contributed by atoms with Gasteiger partial charge in [0.1, 0.15) is 0 Å². The quantitative estimate of drug-likeness (QED) is 0.391. The average Bonchev–Trinajstić information content (AvgIpc) is 2.29. The van der Waals surface area contributed by atoms with E-state index in [4.69, 9.17) is 5.21 Å². The number of rotatable bonds is 5. The highest BCUT2D eigenvalue weighted by atomic mass is 16.5. The van der Waals surface area contributed by atoms with Crippen LogP contribution in [0.15, 0.2) is 36.9 Å². The van der Waals surface area contributed by atoms with Gasteiger partial charge in [0.2, 0.25) is 0 Å². The number of nitrogens with one attached hydrogen (secondary N) is 2. The summed E-state index contributed by atoms with van der Waals surface area (Å²) in [5.41, 5.74) is 2.80. The lowest BCUT2D eigenvalue weighted by molar-refractivity contribution is 0.0954. The Bertz CT molecular complexity index is 350.